The fourth-order valence-corrected chi connectivity index (χ4v) is 4.67. The number of rotatable bonds is 7. The number of hydrogen-bond acceptors (Lipinski definition) is 3. The zero-order valence-electron chi connectivity index (χ0n) is 15.8. The van der Waals surface area contributed by atoms with E-state index < -0.39 is 9.84 Å². The fourth-order valence-electron chi connectivity index (χ4n) is 3.49. The molecular weight excluding hydrogens is 461 g/mol. The highest BCUT2D eigenvalue weighted by atomic mass is 127. The van der Waals surface area contributed by atoms with Crippen LogP contribution in [0.2, 0.25) is 0 Å². The van der Waals surface area contributed by atoms with Crippen molar-refractivity contribution in [3.8, 4) is 0 Å². The Hall–Kier alpha value is -0.830. The predicted molar refractivity (Wildman–Crippen MR) is 119 cm³/mol. The van der Waals surface area contributed by atoms with Crippen molar-refractivity contribution in [1.29, 1.82) is 0 Å². The van der Waals surface area contributed by atoms with Crippen LogP contribution in [0.25, 0.3) is 0 Å². The van der Waals surface area contributed by atoms with Gasteiger partial charge in [0.1, 0.15) is 0 Å². The van der Waals surface area contributed by atoms with Gasteiger partial charge in [-0.05, 0) is 36.8 Å². The average molecular weight is 493 g/mol. The van der Waals surface area contributed by atoms with Gasteiger partial charge in [-0.1, -0.05) is 44.4 Å². The Morgan fingerprint density at radius 2 is 1.85 bits per heavy atom. The normalized spacial score (nSPS) is 20.9. The Morgan fingerprint density at radius 1 is 1.15 bits per heavy atom. The van der Waals surface area contributed by atoms with Crippen LogP contribution in [0.3, 0.4) is 0 Å². The number of sulfone groups is 1. The van der Waals surface area contributed by atoms with Crippen molar-refractivity contribution in [2.45, 2.75) is 43.9 Å². The van der Waals surface area contributed by atoms with Gasteiger partial charge in [0, 0.05) is 20.1 Å². The molecule has 0 aromatic heterocycles. The van der Waals surface area contributed by atoms with Crippen molar-refractivity contribution in [3.05, 3.63) is 30.3 Å². The number of nitrogens with one attached hydrogen (secondary N) is 2. The minimum absolute atomic E-state index is 0. The number of nitrogens with zero attached hydrogens (tertiary/aromatic N) is 1. The number of aliphatic imine (C=N–C) groups is 1. The molecule has 1 aliphatic carbocycles. The predicted octanol–water partition coefficient (Wildman–Crippen LogP) is 3.46. The van der Waals surface area contributed by atoms with Crippen LogP contribution in [0.4, 0.5) is 0 Å². The van der Waals surface area contributed by atoms with Crippen LogP contribution in [0.5, 0.6) is 0 Å². The van der Waals surface area contributed by atoms with Crippen LogP contribution in [0.15, 0.2) is 40.2 Å². The first-order valence-corrected chi connectivity index (χ1v) is 10.9. The fraction of sp³-hybridized carbons (Fsp3) is 0.632. The van der Waals surface area contributed by atoms with Gasteiger partial charge >= 0.3 is 0 Å². The highest BCUT2D eigenvalue weighted by Gasteiger charge is 2.18. The molecule has 2 unspecified atom stereocenters. The summed E-state index contributed by atoms with van der Waals surface area (Å²) >= 11 is 0. The first kappa shape index (κ1) is 23.2. The molecule has 0 spiro atoms. The van der Waals surface area contributed by atoms with E-state index in [2.05, 4.69) is 22.5 Å². The monoisotopic (exact) mass is 493 g/mol. The molecule has 2 rings (SSSR count). The van der Waals surface area contributed by atoms with E-state index in [4.69, 9.17) is 0 Å². The molecule has 2 atom stereocenters. The third kappa shape index (κ3) is 7.82. The van der Waals surface area contributed by atoms with E-state index in [-0.39, 0.29) is 29.7 Å². The second kappa shape index (κ2) is 11.8. The summed E-state index contributed by atoms with van der Waals surface area (Å²) in [5, 5.41) is 6.40. The van der Waals surface area contributed by atoms with E-state index in [1.165, 1.54) is 25.7 Å². The molecule has 0 amide bonds. The molecule has 0 heterocycles. The quantitative estimate of drug-likeness (QED) is 0.347. The van der Waals surface area contributed by atoms with Gasteiger partial charge in [-0.3, -0.25) is 4.99 Å². The van der Waals surface area contributed by atoms with Crippen molar-refractivity contribution in [1.82, 2.24) is 10.6 Å². The molecule has 0 radical (unpaired) electrons. The first-order chi connectivity index (χ1) is 12.0. The highest BCUT2D eigenvalue weighted by molar-refractivity contribution is 14.0. The zero-order chi connectivity index (χ0) is 18.1. The van der Waals surface area contributed by atoms with Crippen LogP contribution in [0, 0.1) is 11.8 Å². The summed E-state index contributed by atoms with van der Waals surface area (Å²) in [4.78, 5) is 4.54. The number of benzene rings is 1. The van der Waals surface area contributed by atoms with E-state index in [0.717, 1.165) is 24.8 Å². The van der Waals surface area contributed by atoms with Crippen LogP contribution in [-0.4, -0.2) is 40.3 Å². The Balaban J connectivity index is 0.00000338. The zero-order valence-corrected chi connectivity index (χ0v) is 18.9. The van der Waals surface area contributed by atoms with Gasteiger partial charge in [-0.2, -0.15) is 0 Å². The lowest BCUT2D eigenvalue weighted by Gasteiger charge is -2.26. The second-order valence-corrected chi connectivity index (χ2v) is 9.09. The number of guanidine groups is 1. The van der Waals surface area contributed by atoms with E-state index in [1.807, 2.05) is 6.07 Å². The van der Waals surface area contributed by atoms with Crippen LogP contribution in [0.1, 0.15) is 39.0 Å². The maximum atomic E-state index is 12.3. The summed E-state index contributed by atoms with van der Waals surface area (Å²) in [6, 6.07) is 8.57. The van der Waals surface area contributed by atoms with Gasteiger partial charge in [0.15, 0.2) is 15.8 Å². The molecule has 1 saturated carbocycles. The molecular formula is C19H32IN3O2S. The van der Waals surface area contributed by atoms with Gasteiger partial charge in [0.05, 0.1) is 10.6 Å². The van der Waals surface area contributed by atoms with Crippen molar-refractivity contribution >= 4 is 39.8 Å². The molecule has 1 fully saturated rings. The SMILES string of the molecule is CN=C(NCCC1CCCC(C)C1)NCCS(=O)(=O)c1ccccc1.I. The molecule has 2 N–H and O–H groups in total. The highest BCUT2D eigenvalue weighted by Crippen LogP contribution is 2.30. The Labute approximate surface area is 175 Å². The van der Waals surface area contributed by atoms with Gasteiger partial charge in [0.2, 0.25) is 0 Å². The standard InChI is InChI=1S/C19H31N3O2S.HI/c1-16-7-6-8-17(15-16)11-12-21-19(20-2)22-13-14-25(23,24)18-9-4-3-5-10-18;/h3-5,9-10,16-17H,6-8,11-15H2,1-2H3,(H2,20,21,22);1H. The molecule has 26 heavy (non-hydrogen) atoms. The molecule has 7 heteroatoms. The Bertz CT molecular complexity index is 650. The largest absolute Gasteiger partial charge is 0.356 e. The van der Waals surface area contributed by atoms with Crippen molar-refractivity contribution < 1.29 is 8.42 Å². The molecule has 1 aromatic rings. The average Bonchev–Trinajstić information content (AvgIpc) is 2.61. The molecule has 0 bridgehead atoms. The summed E-state index contributed by atoms with van der Waals surface area (Å²) in [5.74, 6) is 2.37. The molecule has 1 aromatic carbocycles. The van der Waals surface area contributed by atoms with Gasteiger partial charge in [-0.25, -0.2) is 8.42 Å². The summed E-state index contributed by atoms with van der Waals surface area (Å²) in [6.07, 6.45) is 6.50. The lowest BCUT2D eigenvalue weighted by Crippen LogP contribution is -2.40. The summed E-state index contributed by atoms with van der Waals surface area (Å²) in [5.41, 5.74) is 0. The molecule has 0 aliphatic heterocycles. The van der Waals surface area contributed by atoms with Crippen molar-refractivity contribution in [2.75, 3.05) is 25.9 Å². The second-order valence-electron chi connectivity index (χ2n) is 6.98. The van der Waals surface area contributed by atoms with Crippen LogP contribution < -0.4 is 10.6 Å². The molecule has 148 valence electrons. The van der Waals surface area contributed by atoms with Crippen LogP contribution >= 0.6 is 24.0 Å². The smallest absolute Gasteiger partial charge is 0.191 e. The Kier molecular flexibility index (Phi) is 10.5. The lowest BCUT2D eigenvalue weighted by atomic mass is 9.81. The number of halogens is 1. The molecule has 0 saturated heterocycles. The minimum atomic E-state index is -3.25. The van der Waals surface area contributed by atoms with Gasteiger partial charge in [-0.15, -0.1) is 24.0 Å². The van der Waals surface area contributed by atoms with Crippen molar-refractivity contribution in [2.24, 2.45) is 16.8 Å². The number of hydrogen-bond donors (Lipinski definition) is 2. The molecule has 5 nitrogen and oxygen atoms in total. The summed E-state index contributed by atoms with van der Waals surface area (Å²) in [7, 11) is -1.54. The van der Waals surface area contributed by atoms with E-state index in [1.54, 1.807) is 31.3 Å². The van der Waals surface area contributed by atoms with Crippen molar-refractivity contribution in [3.63, 3.8) is 0 Å². The lowest BCUT2D eigenvalue weighted by molar-refractivity contribution is 0.270. The third-order valence-electron chi connectivity index (χ3n) is 4.88. The minimum Gasteiger partial charge on any atom is -0.356 e. The van der Waals surface area contributed by atoms with Gasteiger partial charge < -0.3 is 10.6 Å². The van der Waals surface area contributed by atoms with Gasteiger partial charge in [0.25, 0.3) is 0 Å². The maximum Gasteiger partial charge on any atom is 0.191 e. The first-order valence-electron chi connectivity index (χ1n) is 9.23. The Morgan fingerprint density at radius 3 is 2.50 bits per heavy atom. The van der Waals surface area contributed by atoms with Crippen LogP contribution in [-0.2, 0) is 9.84 Å². The summed E-state index contributed by atoms with van der Waals surface area (Å²) in [6.45, 7) is 3.56. The maximum absolute atomic E-state index is 12.3. The summed E-state index contributed by atoms with van der Waals surface area (Å²) < 4.78 is 24.5. The molecule has 1 aliphatic rings. The third-order valence-corrected chi connectivity index (χ3v) is 6.61. The topological polar surface area (TPSA) is 70.6 Å². The van der Waals surface area contributed by atoms with E-state index >= 15 is 0 Å². The van der Waals surface area contributed by atoms with E-state index in [0.29, 0.717) is 17.4 Å². The van der Waals surface area contributed by atoms with E-state index in [9.17, 15) is 8.42 Å².